The summed E-state index contributed by atoms with van der Waals surface area (Å²) in [6, 6.07) is 0. The van der Waals surface area contributed by atoms with Crippen molar-refractivity contribution in [2.45, 2.75) is 21.9 Å². The molecule has 1 N–H and O–H groups in total. The highest BCUT2D eigenvalue weighted by molar-refractivity contribution is 8.33. The molecule has 4 rings (SSSR count). The molecule has 0 aromatic rings. The number of thioether (sulfide) groups is 3. The second-order valence-corrected chi connectivity index (χ2v) is 8.85. The molecule has 4 bridgehead atoms. The van der Waals surface area contributed by atoms with Crippen molar-refractivity contribution < 1.29 is 5.11 Å². The van der Waals surface area contributed by atoms with Crippen molar-refractivity contribution in [1.29, 1.82) is 0 Å². The topological polar surface area (TPSA) is 20.2 Å². The van der Waals surface area contributed by atoms with Crippen molar-refractivity contribution >= 4 is 35.3 Å². The number of rotatable bonds is 4. The van der Waals surface area contributed by atoms with Gasteiger partial charge in [-0.05, 0) is 55.3 Å². The summed E-state index contributed by atoms with van der Waals surface area (Å²) >= 11 is 5.55. The van der Waals surface area contributed by atoms with E-state index >= 15 is 0 Å². The fourth-order valence-electron chi connectivity index (χ4n) is 4.32. The molecular formula is C11H18OS3. The lowest BCUT2D eigenvalue weighted by molar-refractivity contribution is 0.0116. The van der Waals surface area contributed by atoms with Gasteiger partial charge >= 0.3 is 0 Å². The van der Waals surface area contributed by atoms with E-state index in [4.69, 9.17) is 0 Å². The molecule has 1 nitrogen and oxygen atoms in total. The Hall–Kier alpha value is 1.01. The van der Waals surface area contributed by atoms with Crippen molar-refractivity contribution in [3.05, 3.63) is 0 Å². The van der Waals surface area contributed by atoms with Gasteiger partial charge in [0.05, 0.1) is 0 Å². The quantitative estimate of drug-likeness (QED) is 0.786. The Balaban J connectivity index is 1.98. The van der Waals surface area contributed by atoms with Gasteiger partial charge in [-0.25, -0.2) is 0 Å². The summed E-state index contributed by atoms with van der Waals surface area (Å²) in [5.41, 5.74) is -0.388. The Morgan fingerprint density at radius 1 is 1.07 bits per heavy atom. The molecule has 4 saturated carbocycles. The van der Waals surface area contributed by atoms with E-state index in [2.05, 4.69) is 18.8 Å². The van der Waals surface area contributed by atoms with Gasteiger partial charge < -0.3 is 5.11 Å². The Morgan fingerprint density at radius 2 is 1.53 bits per heavy atom. The maximum atomic E-state index is 11.2. The van der Waals surface area contributed by atoms with Gasteiger partial charge in [0.25, 0.3) is 0 Å². The van der Waals surface area contributed by atoms with Crippen LogP contribution in [0.3, 0.4) is 0 Å². The Bertz CT molecular complexity index is 267. The lowest BCUT2D eigenvalue weighted by atomic mass is 9.94. The van der Waals surface area contributed by atoms with Crippen LogP contribution in [0.5, 0.6) is 0 Å². The first-order valence-corrected chi connectivity index (χ1v) is 9.20. The molecule has 3 atom stereocenters. The van der Waals surface area contributed by atoms with Gasteiger partial charge in [0.1, 0.15) is 9.01 Å². The molecule has 0 aromatic carbocycles. The van der Waals surface area contributed by atoms with Crippen molar-refractivity contribution in [2.75, 3.05) is 18.8 Å². The minimum atomic E-state index is -0.388. The van der Waals surface area contributed by atoms with Crippen LogP contribution >= 0.6 is 35.3 Å². The zero-order chi connectivity index (χ0) is 10.8. The Labute approximate surface area is 105 Å². The summed E-state index contributed by atoms with van der Waals surface area (Å²) in [5.74, 6) is 2.98. The van der Waals surface area contributed by atoms with E-state index in [9.17, 15) is 5.11 Å². The van der Waals surface area contributed by atoms with E-state index in [-0.39, 0.29) is 9.01 Å². The average Bonchev–Trinajstić information content (AvgIpc) is 2.60. The monoisotopic (exact) mass is 262 g/mol. The smallest absolute Gasteiger partial charge is 0.135 e. The lowest BCUT2D eigenvalue weighted by Crippen LogP contribution is -2.50. The van der Waals surface area contributed by atoms with Gasteiger partial charge in [-0.1, -0.05) is 0 Å². The molecule has 0 aromatic heterocycles. The zero-order valence-electron chi connectivity index (χ0n) is 9.40. The molecule has 0 heterocycles. The second-order valence-electron chi connectivity index (χ2n) is 5.02. The van der Waals surface area contributed by atoms with Crippen molar-refractivity contribution in [3.63, 3.8) is 0 Å². The molecule has 86 valence electrons. The van der Waals surface area contributed by atoms with Crippen molar-refractivity contribution in [2.24, 2.45) is 23.7 Å². The van der Waals surface area contributed by atoms with E-state index in [0.29, 0.717) is 11.8 Å². The Morgan fingerprint density at radius 3 is 1.80 bits per heavy atom. The third-order valence-electron chi connectivity index (χ3n) is 4.87. The molecule has 4 fully saturated rings. The van der Waals surface area contributed by atoms with Gasteiger partial charge in [-0.3, -0.25) is 0 Å². The van der Waals surface area contributed by atoms with E-state index in [0.717, 1.165) is 11.8 Å². The first-order chi connectivity index (χ1) is 7.14. The summed E-state index contributed by atoms with van der Waals surface area (Å²) < 4.78 is -0.0255. The molecule has 0 saturated heterocycles. The zero-order valence-corrected chi connectivity index (χ0v) is 11.8. The third kappa shape index (κ3) is 1.06. The highest BCUT2D eigenvalue weighted by atomic mass is 32.3. The fourth-order valence-corrected chi connectivity index (χ4v) is 8.21. The minimum absolute atomic E-state index is 0.0255. The maximum Gasteiger partial charge on any atom is 0.135 e. The summed E-state index contributed by atoms with van der Waals surface area (Å²) in [4.78, 5) is 0. The maximum absolute atomic E-state index is 11.2. The molecule has 4 heteroatoms. The highest BCUT2D eigenvalue weighted by Gasteiger charge is 2.80. The SMILES string of the molecule is CSC(SC)(SC)C1(O)C2CC3C(C2)C31. The van der Waals surface area contributed by atoms with Crippen LogP contribution in [0.1, 0.15) is 12.8 Å². The Kier molecular flexibility index (Phi) is 2.43. The van der Waals surface area contributed by atoms with Gasteiger partial charge in [0.2, 0.25) is 0 Å². The molecule has 0 aliphatic heterocycles. The van der Waals surface area contributed by atoms with Crippen LogP contribution in [-0.4, -0.2) is 32.9 Å². The summed E-state index contributed by atoms with van der Waals surface area (Å²) in [6.07, 6.45) is 9.05. The molecule has 0 amide bonds. The van der Waals surface area contributed by atoms with Gasteiger partial charge in [0, 0.05) is 0 Å². The van der Waals surface area contributed by atoms with Crippen LogP contribution in [0.25, 0.3) is 0 Å². The molecule has 0 radical (unpaired) electrons. The summed E-state index contributed by atoms with van der Waals surface area (Å²) in [5, 5.41) is 11.2. The molecule has 4 aliphatic rings. The molecular weight excluding hydrogens is 244 g/mol. The van der Waals surface area contributed by atoms with E-state index in [1.807, 2.05) is 35.3 Å². The van der Waals surface area contributed by atoms with Crippen LogP contribution in [0.15, 0.2) is 0 Å². The normalized spacial score (nSPS) is 51.2. The summed E-state index contributed by atoms with van der Waals surface area (Å²) in [6.45, 7) is 0. The van der Waals surface area contributed by atoms with Crippen molar-refractivity contribution in [1.82, 2.24) is 0 Å². The predicted octanol–water partition coefficient (Wildman–Crippen LogP) is 2.75. The largest absolute Gasteiger partial charge is 0.386 e. The fraction of sp³-hybridized carbons (Fsp3) is 1.00. The second kappa shape index (κ2) is 3.27. The molecule has 0 spiro atoms. The first-order valence-electron chi connectivity index (χ1n) is 5.52. The molecule has 4 aliphatic carbocycles. The first kappa shape index (κ1) is 11.1. The third-order valence-corrected chi connectivity index (χ3v) is 10.5. The number of aliphatic hydroxyl groups is 1. The minimum Gasteiger partial charge on any atom is -0.386 e. The predicted molar refractivity (Wildman–Crippen MR) is 71.4 cm³/mol. The highest BCUT2D eigenvalue weighted by Crippen LogP contribution is 2.80. The molecule has 15 heavy (non-hydrogen) atoms. The van der Waals surface area contributed by atoms with Crippen LogP contribution < -0.4 is 0 Å². The van der Waals surface area contributed by atoms with Crippen LogP contribution in [-0.2, 0) is 0 Å². The van der Waals surface area contributed by atoms with Crippen LogP contribution in [0, 0.1) is 23.7 Å². The van der Waals surface area contributed by atoms with E-state index in [1.165, 1.54) is 12.8 Å². The number of hydrogen-bond donors (Lipinski definition) is 1. The van der Waals surface area contributed by atoms with E-state index < -0.39 is 0 Å². The van der Waals surface area contributed by atoms with Crippen LogP contribution in [0.2, 0.25) is 0 Å². The van der Waals surface area contributed by atoms with Gasteiger partial charge in [-0.15, -0.1) is 35.3 Å². The van der Waals surface area contributed by atoms with Gasteiger partial charge in [-0.2, -0.15) is 0 Å². The van der Waals surface area contributed by atoms with E-state index in [1.54, 1.807) is 0 Å². The van der Waals surface area contributed by atoms with Crippen LogP contribution in [0.4, 0.5) is 0 Å². The average molecular weight is 262 g/mol. The summed E-state index contributed by atoms with van der Waals surface area (Å²) in [7, 11) is 0. The van der Waals surface area contributed by atoms with Gasteiger partial charge in [0.15, 0.2) is 0 Å². The number of hydrogen-bond acceptors (Lipinski definition) is 4. The lowest BCUT2D eigenvalue weighted by Gasteiger charge is -2.44. The standard InChI is InChI=1S/C11H18OS3/c1-13-11(14-2,15-3)10(12)6-4-7-8(5-6)9(7)10/h6-9,12H,4-5H2,1-3H3. The molecule has 3 unspecified atom stereocenters. The van der Waals surface area contributed by atoms with Crippen molar-refractivity contribution in [3.8, 4) is 0 Å².